The average Bonchev–Trinajstić information content (AvgIpc) is 1.84. The van der Waals surface area contributed by atoms with E-state index in [-0.39, 0.29) is 4.87 Å². The van der Waals surface area contributed by atoms with Crippen molar-refractivity contribution in [3.05, 3.63) is 0 Å². The number of rotatable bonds is 3. The van der Waals surface area contributed by atoms with E-state index in [9.17, 15) is 0 Å². The van der Waals surface area contributed by atoms with Crippen molar-refractivity contribution in [2.24, 2.45) is 11.3 Å². The van der Waals surface area contributed by atoms with Crippen molar-refractivity contribution < 1.29 is 0 Å². The van der Waals surface area contributed by atoms with Gasteiger partial charge in [0.1, 0.15) is 0 Å². The molecule has 0 heterocycles. The van der Waals surface area contributed by atoms with E-state index in [1.807, 2.05) is 0 Å². The van der Waals surface area contributed by atoms with Gasteiger partial charge in [-0.2, -0.15) is 0 Å². The van der Waals surface area contributed by atoms with Crippen LogP contribution in [0, 0.1) is 11.3 Å². The molecule has 1 unspecified atom stereocenters. The van der Waals surface area contributed by atoms with Crippen molar-refractivity contribution in [3.63, 3.8) is 0 Å². The Morgan fingerprint density at radius 3 is 1.64 bits per heavy atom. The van der Waals surface area contributed by atoms with Crippen LogP contribution in [-0.2, 0) is 0 Å². The first-order valence-electron chi connectivity index (χ1n) is 4.40. The van der Waals surface area contributed by atoms with Crippen LogP contribution in [0.25, 0.3) is 0 Å². The van der Waals surface area contributed by atoms with E-state index in [2.05, 4.69) is 41.5 Å². The molecule has 0 aliphatic carbocycles. The maximum atomic E-state index is 6.25. The first-order chi connectivity index (χ1) is 4.72. The van der Waals surface area contributed by atoms with Gasteiger partial charge in [0.15, 0.2) is 0 Å². The molecule has 1 heteroatoms. The first kappa shape index (κ1) is 11.3. The van der Waals surface area contributed by atoms with Gasteiger partial charge in [-0.1, -0.05) is 34.1 Å². The molecule has 0 amide bonds. The zero-order chi connectivity index (χ0) is 9.28. The highest BCUT2D eigenvalue weighted by molar-refractivity contribution is 6.23. The van der Waals surface area contributed by atoms with E-state index in [1.54, 1.807) is 0 Å². The van der Waals surface area contributed by atoms with Crippen LogP contribution in [-0.4, -0.2) is 4.87 Å². The first-order valence-corrected chi connectivity index (χ1v) is 4.78. The van der Waals surface area contributed by atoms with Crippen LogP contribution in [0.5, 0.6) is 0 Å². The maximum Gasteiger partial charge on any atom is 0.0421 e. The van der Waals surface area contributed by atoms with E-state index in [4.69, 9.17) is 11.6 Å². The Balaban J connectivity index is 4.35. The molecule has 0 bridgehead atoms. The molecule has 0 aromatic rings. The number of halogens is 1. The van der Waals surface area contributed by atoms with Gasteiger partial charge < -0.3 is 0 Å². The van der Waals surface area contributed by atoms with E-state index >= 15 is 0 Å². The third kappa shape index (κ3) is 3.02. The number of hydrogen-bond donors (Lipinski definition) is 0. The average molecular weight is 177 g/mol. The minimum Gasteiger partial charge on any atom is -0.120 e. The van der Waals surface area contributed by atoms with Crippen molar-refractivity contribution in [1.29, 1.82) is 0 Å². The molecule has 0 nitrogen and oxygen atoms in total. The zero-order valence-electron chi connectivity index (χ0n) is 8.66. The maximum absolute atomic E-state index is 6.25. The van der Waals surface area contributed by atoms with E-state index < -0.39 is 0 Å². The quantitative estimate of drug-likeness (QED) is 0.569. The summed E-state index contributed by atoms with van der Waals surface area (Å²) in [5.74, 6) is 0.543. The van der Waals surface area contributed by atoms with Crippen LogP contribution in [0.4, 0.5) is 0 Å². The molecule has 0 spiro atoms. The van der Waals surface area contributed by atoms with Crippen LogP contribution in [0.3, 0.4) is 0 Å². The summed E-state index contributed by atoms with van der Waals surface area (Å²) in [4.78, 5) is -0.0838. The van der Waals surface area contributed by atoms with Crippen LogP contribution in [0.1, 0.15) is 48.0 Å². The Morgan fingerprint density at radius 2 is 1.55 bits per heavy atom. The molecule has 11 heavy (non-hydrogen) atoms. The fourth-order valence-electron chi connectivity index (χ4n) is 1.24. The zero-order valence-corrected chi connectivity index (χ0v) is 9.42. The van der Waals surface area contributed by atoms with Gasteiger partial charge in [-0.3, -0.25) is 0 Å². The summed E-state index contributed by atoms with van der Waals surface area (Å²) in [6.07, 6.45) is 1.18. The van der Waals surface area contributed by atoms with E-state index in [0.717, 1.165) is 0 Å². The molecule has 0 radical (unpaired) electrons. The van der Waals surface area contributed by atoms with Crippen molar-refractivity contribution in [3.8, 4) is 0 Å². The molecule has 1 atom stereocenters. The number of alkyl halides is 1. The van der Waals surface area contributed by atoms with Crippen LogP contribution in [0.2, 0.25) is 0 Å². The summed E-state index contributed by atoms with van der Waals surface area (Å²) >= 11 is 6.25. The van der Waals surface area contributed by atoms with Gasteiger partial charge in [-0.15, -0.1) is 11.6 Å². The van der Waals surface area contributed by atoms with Crippen molar-refractivity contribution >= 4 is 11.6 Å². The summed E-state index contributed by atoms with van der Waals surface area (Å²) in [5, 5.41) is 0. The van der Waals surface area contributed by atoms with Crippen molar-refractivity contribution in [1.82, 2.24) is 0 Å². The Kier molecular flexibility index (Phi) is 3.43. The lowest BCUT2D eigenvalue weighted by Gasteiger charge is -2.38. The number of hydrogen-bond acceptors (Lipinski definition) is 0. The monoisotopic (exact) mass is 176 g/mol. The molecule has 0 saturated carbocycles. The van der Waals surface area contributed by atoms with Crippen LogP contribution >= 0.6 is 11.6 Å². The Labute approximate surface area is 76.3 Å². The summed E-state index contributed by atoms with van der Waals surface area (Å²) in [6.45, 7) is 13.2. The summed E-state index contributed by atoms with van der Waals surface area (Å²) in [5.41, 5.74) is 0.352. The Morgan fingerprint density at radius 1 is 1.18 bits per heavy atom. The fraction of sp³-hybridized carbons (Fsp3) is 1.00. The highest BCUT2D eigenvalue weighted by atomic mass is 35.5. The summed E-state index contributed by atoms with van der Waals surface area (Å²) in [7, 11) is 0. The van der Waals surface area contributed by atoms with Gasteiger partial charge in [-0.25, -0.2) is 0 Å². The molecule has 0 aromatic carbocycles. The SMILES string of the molecule is CCC(C)(C)C(C)C(C)(C)Cl. The van der Waals surface area contributed by atoms with Crippen molar-refractivity contribution in [2.45, 2.75) is 52.8 Å². The van der Waals surface area contributed by atoms with Gasteiger partial charge in [-0.05, 0) is 25.2 Å². The second kappa shape index (κ2) is 3.35. The van der Waals surface area contributed by atoms with Gasteiger partial charge in [0.2, 0.25) is 0 Å². The molecule has 68 valence electrons. The lowest BCUT2D eigenvalue weighted by molar-refractivity contribution is 0.182. The second-order valence-corrected chi connectivity index (χ2v) is 5.60. The molecule has 0 aliphatic heterocycles. The highest BCUT2D eigenvalue weighted by Gasteiger charge is 2.34. The van der Waals surface area contributed by atoms with Gasteiger partial charge >= 0.3 is 0 Å². The van der Waals surface area contributed by atoms with Crippen molar-refractivity contribution in [2.75, 3.05) is 0 Å². The minimum absolute atomic E-state index is 0.0838. The lowest BCUT2D eigenvalue weighted by atomic mass is 9.72. The van der Waals surface area contributed by atoms with Crippen LogP contribution in [0.15, 0.2) is 0 Å². The Bertz CT molecular complexity index is 119. The Hall–Kier alpha value is 0.290. The predicted octanol–water partition coefficient (Wildman–Crippen LogP) is 4.08. The van der Waals surface area contributed by atoms with Gasteiger partial charge in [0.25, 0.3) is 0 Å². The van der Waals surface area contributed by atoms with Crippen LogP contribution < -0.4 is 0 Å². The molecule has 0 saturated heterocycles. The third-order valence-corrected chi connectivity index (χ3v) is 3.44. The second-order valence-electron chi connectivity index (χ2n) is 4.63. The minimum atomic E-state index is -0.0838. The third-order valence-electron chi connectivity index (χ3n) is 3.11. The molecule has 0 rings (SSSR count). The molecular formula is C10H21Cl. The standard InChI is InChI=1S/C10H21Cl/c1-7-9(3,4)8(2)10(5,6)11/h8H,7H2,1-6H3. The smallest absolute Gasteiger partial charge is 0.0421 e. The summed E-state index contributed by atoms with van der Waals surface area (Å²) < 4.78 is 0. The van der Waals surface area contributed by atoms with E-state index in [1.165, 1.54) is 6.42 Å². The fourth-order valence-corrected chi connectivity index (χ4v) is 1.53. The largest absolute Gasteiger partial charge is 0.120 e. The highest BCUT2D eigenvalue weighted by Crippen LogP contribution is 2.40. The van der Waals surface area contributed by atoms with Gasteiger partial charge in [0, 0.05) is 4.87 Å². The predicted molar refractivity (Wildman–Crippen MR) is 53.2 cm³/mol. The molecule has 0 aromatic heterocycles. The normalized spacial score (nSPS) is 16.6. The molecular weight excluding hydrogens is 156 g/mol. The van der Waals surface area contributed by atoms with E-state index in [0.29, 0.717) is 11.3 Å². The molecule has 0 fully saturated rings. The van der Waals surface area contributed by atoms with Gasteiger partial charge in [0.05, 0.1) is 0 Å². The molecule has 0 N–H and O–H groups in total. The topological polar surface area (TPSA) is 0 Å². The summed E-state index contributed by atoms with van der Waals surface area (Å²) in [6, 6.07) is 0. The molecule has 0 aliphatic rings. The lowest BCUT2D eigenvalue weighted by Crippen LogP contribution is -2.34.